The average molecular weight is 483 g/mol. The Morgan fingerprint density at radius 1 is 0.794 bits per heavy atom. The normalized spacial score (nSPS) is 11.7. The molecule has 1 unspecified atom stereocenters. The molecule has 11 heteroatoms. The summed E-state index contributed by atoms with van der Waals surface area (Å²) in [5, 5.41) is 12.9. The molecule has 10 nitrogen and oxygen atoms in total. The van der Waals surface area contributed by atoms with Crippen LogP contribution in [0.2, 0.25) is 0 Å². The van der Waals surface area contributed by atoms with Crippen molar-refractivity contribution in [2.24, 2.45) is 5.14 Å². The largest absolute Gasteiger partial charge is 0.449 e. The molecule has 3 aromatic rings. The molecule has 0 aromatic heterocycles. The van der Waals surface area contributed by atoms with Gasteiger partial charge in [0, 0.05) is 17.1 Å². The lowest BCUT2D eigenvalue weighted by atomic mass is 10.2. The molecule has 5 N–H and O–H groups in total. The van der Waals surface area contributed by atoms with Gasteiger partial charge in [-0.3, -0.25) is 4.79 Å². The fourth-order valence-corrected chi connectivity index (χ4v) is 3.34. The zero-order chi connectivity index (χ0) is 24.7. The number of urea groups is 1. The van der Waals surface area contributed by atoms with Gasteiger partial charge >= 0.3 is 12.0 Å². The van der Waals surface area contributed by atoms with Crippen LogP contribution in [-0.4, -0.2) is 32.4 Å². The first-order valence-corrected chi connectivity index (χ1v) is 11.5. The number of esters is 1. The monoisotopic (exact) mass is 482 g/mol. The van der Waals surface area contributed by atoms with E-state index >= 15 is 0 Å². The van der Waals surface area contributed by atoms with Crippen LogP contribution in [0.4, 0.5) is 21.9 Å². The van der Waals surface area contributed by atoms with Crippen LogP contribution in [0.25, 0.3) is 0 Å². The number of amides is 3. The number of ether oxygens (including phenoxy) is 1. The van der Waals surface area contributed by atoms with Gasteiger partial charge in [0.25, 0.3) is 5.91 Å². The van der Waals surface area contributed by atoms with E-state index in [0.29, 0.717) is 11.4 Å². The summed E-state index contributed by atoms with van der Waals surface area (Å²) in [6.45, 7) is 1.38. The van der Waals surface area contributed by atoms with Crippen LogP contribution in [0.15, 0.2) is 83.8 Å². The summed E-state index contributed by atoms with van der Waals surface area (Å²) in [6.07, 6.45) is -1.17. The maximum absolute atomic E-state index is 12.4. The van der Waals surface area contributed by atoms with Gasteiger partial charge in [0.15, 0.2) is 6.10 Å². The quantitative estimate of drug-likeness (QED) is 0.379. The third-order valence-electron chi connectivity index (χ3n) is 4.49. The van der Waals surface area contributed by atoms with E-state index in [1.165, 1.54) is 55.5 Å². The number of hydrogen-bond acceptors (Lipinski definition) is 6. The van der Waals surface area contributed by atoms with Crippen molar-refractivity contribution in [3.8, 4) is 0 Å². The van der Waals surface area contributed by atoms with Crippen molar-refractivity contribution < 1.29 is 27.5 Å². The van der Waals surface area contributed by atoms with Crippen LogP contribution < -0.4 is 21.1 Å². The van der Waals surface area contributed by atoms with Crippen LogP contribution >= 0.6 is 0 Å². The molecule has 1 atom stereocenters. The summed E-state index contributed by atoms with van der Waals surface area (Å²) in [5.41, 5.74) is 1.43. The van der Waals surface area contributed by atoms with Crippen LogP contribution in [0.3, 0.4) is 0 Å². The summed E-state index contributed by atoms with van der Waals surface area (Å²) in [6, 6.07) is 19.8. The number of nitrogens with one attached hydrogen (secondary N) is 3. The highest BCUT2D eigenvalue weighted by Gasteiger charge is 2.20. The van der Waals surface area contributed by atoms with Gasteiger partial charge in [-0.05, 0) is 61.5 Å². The minimum atomic E-state index is -3.93. The van der Waals surface area contributed by atoms with Crippen LogP contribution in [0.5, 0.6) is 0 Å². The molecule has 0 saturated carbocycles. The molecule has 3 amide bonds. The van der Waals surface area contributed by atoms with Crippen molar-refractivity contribution >= 4 is 45.0 Å². The van der Waals surface area contributed by atoms with Gasteiger partial charge in [-0.25, -0.2) is 23.1 Å². The van der Waals surface area contributed by atoms with E-state index in [2.05, 4.69) is 16.0 Å². The van der Waals surface area contributed by atoms with Crippen molar-refractivity contribution in [2.75, 3.05) is 16.0 Å². The number of para-hydroxylation sites is 1. The SMILES string of the molecule is CC(OC(=O)c1ccc(NC(=O)Nc2ccccc2)cc1)C(=O)Nc1cccc(S(N)(=O)=O)c1. The second kappa shape index (κ2) is 10.6. The van der Waals surface area contributed by atoms with Gasteiger partial charge in [-0.15, -0.1) is 0 Å². The van der Waals surface area contributed by atoms with Crippen LogP contribution in [0, 0.1) is 0 Å². The summed E-state index contributed by atoms with van der Waals surface area (Å²) in [5.74, 6) is -1.41. The number of benzene rings is 3. The van der Waals surface area contributed by atoms with E-state index in [-0.39, 0.29) is 16.1 Å². The van der Waals surface area contributed by atoms with Gasteiger partial charge in [0.2, 0.25) is 10.0 Å². The van der Waals surface area contributed by atoms with Crippen molar-refractivity contribution in [3.63, 3.8) is 0 Å². The topological polar surface area (TPSA) is 157 Å². The molecule has 0 aliphatic rings. The molecule has 0 spiro atoms. The molecule has 0 saturated heterocycles. The number of rotatable bonds is 7. The van der Waals surface area contributed by atoms with E-state index in [9.17, 15) is 22.8 Å². The zero-order valence-corrected chi connectivity index (χ0v) is 18.8. The fourth-order valence-electron chi connectivity index (χ4n) is 2.78. The summed E-state index contributed by atoms with van der Waals surface area (Å²) < 4.78 is 28.1. The first-order valence-electron chi connectivity index (χ1n) is 9.99. The van der Waals surface area contributed by atoms with Gasteiger partial charge in [0.1, 0.15) is 0 Å². The summed E-state index contributed by atoms with van der Waals surface area (Å²) >= 11 is 0. The molecule has 3 rings (SSSR count). The lowest BCUT2D eigenvalue weighted by Crippen LogP contribution is -2.30. The van der Waals surface area contributed by atoms with Crippen molar-refractivity contribution in [1.29, 1.82) is 0 Å². The molecular formula is C23H22N4O6S. The van der Waals surface area contributed by atoms with Gasteiger partial charge in [0.05, 0.1) is 10.5 Å². The van der Waals surface area contributed by atoms with Crippen molar-refractivity contribution in [2.45, 2.75) is 17.9 Å². The minimum Gasteiger partial charge on any atom is -0.449 e. The number of sulfonamides is 1. The lowest BCUT2D eigenvalue weighted by molar-refractivity contribution is -0.123. The number of nitrogens with two attached hydrogens (primary N) is 1. The summed E-state index contributed by atoms with van der Waals surface area (Å²) in [4.78, 5) is 36.6. The standard InChI is InChI=1S/C23H22N4O6S/c1-15(21(28)25-19-8-5-9-20(14-19)34(24,31)32)33-22(29)16-10-12-18(13-11-16)27-23(30)26-17-6-3-2-4-7-17/h2-15H,1H3,(H,25,28)(H2,24,31,32)(H2,26,27,30). The van der Waals surface area contributed by atoms with Crippen molar-refractivity contribution in [3.05, 3.63) is 84.4 Å². The predicted molar refractivity (Wildman–Crippen MR) is 127 cm³/mol. The number of carbonyl (C=O) groups excluding carboxylic acids is 3. The minimum absolute atomic E-state index is 0.166. The number of anilines is 3. The van der Waals surface area contributed by atoms with Gasteiger partial charge in [-0.2, -0.15) is 0 Å². The number of hydrogen-bond donors (Lipinski definition) is 4. The Hall–Kier alpha value is -4.22. The summed E-state index contributed by atoms with van der Waals surface area (Å²) in [7, 11) is -3.93. The van der Waals surface area contributed by atoms with Crippen LogP contribution in [-0.2, 0) is 19.6 Å². The van der Waals surface area contributed by atoms with E-state index < -0.39 is 34.0 Å². The Bertz CT molecular complexity index is 1290. The smallest absolute Gasteiger partial charge is 0.338 e. The van der Waals surface area contributed by atoms with Gasteiger partial charge < -0.3 is 20.7 Å². The molecular weight excluding hydrogens is 460 g/mol. The molecule has 0 bridgehead atoms. The van der Waals surface area contributed by atoms with E-state index in [1.54, 1.807) is 24.3 Å². The molecule has 34 heavy (non-hydrogen) atoms. The molecule has 0 fully saturated rings. The lowest BCUT2D eigenvalue weighted by Gasteiger charge is -2.14. The number of primary sulfonamides is 1. The second-order valence-corrected chi connectivity index (χ2v) is 8.69. The molecule has 176 valence electrons. The third kappa shape index (κ3) is 6.89. The maximum atomic E-state index is 12.4. The number of carbonyl (C=O) groups is 3. The molecule has 0 aliphatic carbocycles. The maximum Gasteiger partial charge on any atom is 0.338 e. The van der Waals surface area contributed by atoms with Crippen LogP contribution in [0.1, 0.15) is 17.3 Å². The average Bonchev–Trinajstić information content (AvgIpc) is 2.79. The van der Waals surface area contributed by atoms with E-state index in [0.717, 1.165) is 0 Å². The van der Waals surface area contributed by atoms with Gasteiger partial charge in [-0.1, -0.05) is 24.3 Å². The first kappa shape index (κ1) is 24.4. The Kier molecular flexibility index (Phi) is 7.61. The Morgan fingerprint density at radius 2 is 1.38 bits per heavy atom. The molecule has 0 radical (unpaired) electrons. The Labute approximate surface area is 196 Å². The van der Waals surface area contributed by atoms with E-state index in [1.807, 2.05) is 6.07 Å². The molecule has 3 aromatic carbocycles. The fraction of sp³-hybridized carbons (Fsp3) is 0.0870. The predicted octanol–water partition coefficient (Wildman–Crippen LogP) is 3.16. The Balaban J connectivity index is 1.54. The van der Waals surface area contributed by atoms with E-state index in [4.69, 9.17) is 9.88 Å². The zero-order valence-electron chi connectivity index (χ0n) is 18.0. The van der Waals surface area contributed by atoms with Crippen molar-refractivity contribution in [1.82, 2.24) is 0 Å². The molecule has 0 aliphatic heterocycles. The first-order chi connectivity index (χ1) is 16.1. The third-order valence-corrected chi connectivity index (χ3v) is 5.40. The highest BCUT2D eigenvalue weighted by Crippen LogP contribution is 2.16. The highest BCUT2D eigenvalue weighted by atomic mass is 32.2. The Morgan fingerprint density at radius 3 is 2.00 bits per heavy atom. The highest BCUT2D eigenvalue weighted by molar-refractivity contribution is 7.89. The second-order valence-electron chi connectivity index (χ2n) is 7.13. The molecule has 0 heterocycles.